The van der Waals surface area contributed by atoms with E-state index in [2.05, 4.69) is 15.5 Å². The first-order chi connectivity index (χ1) is 15.5. The lowest BCUT2D eigenvalue weighted by molar-refractivity contribution is -0.384. The van der Waals surface area contributed by atoms with Gasteiger partial charge in [-0.2, -0.15) is 0 Å². The Balaban J connectivity index is 1.30. The monoisotopic (exact) mass is 450 g/mol. The van der Waals surface area contributed by atoms with Gasteiger partial charge in [-0.3, -0.25) is 14.9 Å². The summed E-state index contributed by atoms with van der Waals surface area (Å²) < 4.78 is 11.2. The second kappa shape index (κ2) is 9.48. The van der Waals surface area contributed by atoms with Gasteiger partial charge in [-0.05, 0) is 35.4 Å². The van der Waals surface area contributed by atoms with Crippen LogP contribution in [-0.4, -0.2) is 26.8 Å². The molecule has 0 fully saturated rings. The summed E-state index contributed by atoms with van der Waals surface area (Å²) in [6.45, 7) is 1.86. The molecule has 0 atom stereocenters. The normalized spacial score (nSPS) is 10.8. The van der Waals surface area contributed by atoms with Gasteiger partial charge in [0.2, 0.25) is 5.91 Å². The Kier molecular flexibility index (Phi) is 6.31. The number of fused-ring (bicyclic) bond motifs is 1. The molecule has 1 N–H and O–H groups in total. The minimum Gasteiger partial charge on any atom is -0.484 e. The van der Waals surface area contributed by atoms with Crippen LogP contribution >= 0.6 is 11.8 Å². The topological polar surface area (TPSA) is 120 Å². The van der Waals surface area contributed by atoms with Crippen LogP contribution in [0.15, 0.2) is 70.3 Å². The summed E-state index contributed by atoms with van der Waals surface area (Å²) in [5.74, 6) is 0.638. The number of amides is 1. The number of benzene rings is 3. The number of nitro groups is 1. The molecule has 9 nitrogen and oxygen atoms in total. The van der Waals surface area contributed by atoms with E-state index in [4.69, 9.17) is 9.15 Å². The number of aryl methyl sites for hydroxylation is 1. The fraction of sp³-hybridized carbons (Fsp3) is 0.136. The number of nitrogens with one attached hydrogen (secondary N) is 1. The number of thioether (sulfide) groups is 1. The van der Waals surface area contributed by atoms with Gasteiger partial charge in [0.05, 0.1) is 16.4 Å². The quantitative estimate of drug-likeness (QED) is 0.232. The number of non-ortho nitro benzene ring substituents is 1. The molecule has 32 heavy (non-hydrogen) atoms. The van der Waals surface area contributed by atoms with Crippen LogP contribution in [-0.2, 0) is 11.4 Å². The predicted molar refractivity (Wildman–Crippen MR) is 120 cm³/mol. The smallest absolute Gasteiger partial charge is 0.277 e. The zero-order valence-corrected chi connectivity index (χ0v) is 17.8. The van der Waals surface area contributed by atoms with Crippen molar-refractivity contribution in [3.05, 3.63) is 82.2 Å². The van der Waals surface area contributed by atoms with Gasteiger partial charge in [0, 0.05) is 12.1 Å². The number of nitro benzene ring substituents is 1. The summed E-state index contributed by atoms with van der Waals surface area (Å²) >= 11 is 1.07. The molecule has 1 aromatic heterocycles. The molecule has 0 aliphatic carbocycles. The summed E-state index contributed by atoms with van der Waals surface area (Å²) in [4.78, 5) is 22.6. The lowest BCUT2D eigenvalue weighted by atomic mass is 10.1. The summed E-state index contributed by atoms with van der Waals surface area (Å²) in [7, 11) is 0. The Morgan fingerprint density at radius 3 is 2.75 bits per heavy atom. The molecule has 1 amide bonds. The number of rotatable bonds is 8. The molecule has 4 rings (SSSR count). The van der Waals surface area contributed by atoms with Crippen LogP contribution in [0.2, 0.25) is 0 Å². The Morgan fingerprint density at radius 1 is 1.12 bits per heavy atom. The standard InChI is InChI=1S/C22H18N4O5S/c1-14-6-8-17(26(28)29)11-19(14)23-20(27)13-32-22-25-24-21(31-22)12-30-18-9-7-15-4-2-3-5-16(15)10-18/h2-11H,12-13H2,1H3,(H,23,27). The number of nitrogens with zero attached hydrogens (tertiary/aromatic N) is 3. The number of ether oxygens (including phenoxy) is 1. The van der Waals surface area contributed by atoms with Crippen molar-refractivity contribution in [1.29, 1.82) is 0 Å². The van der Waals surface area contributed by atoms with Crippen molar-refractivity contribution in [1.82, 2.24) is 10.2 Å². The van der Waals surface area contributed by atoms with Crippen LogP contribution in [0.5, 0.6) is 5.75 Å². The fourth-order valence-corrected chi connectivity index (χ4v) is 3.51. The third kappa shape index (κ3) is 5.22. The van der Waals surface area contributed by atoms with Crippen molar-refractivity contribution >= 4 is 39.8 Å². The van der Waals surface area contributed by atoms with Gasteiger partial charge < -0.3 is 14.5 Å². The maximum atomic E-state index is 12.2. The number of hydrogen-bond acceptors (Lipinski definition) is 8. The van der Waals surface area contributed by atoms with Crippen LogP contribution in [0.25, 0.3) is 10.8 Å². The van der Waals surface area contributed by atoms with E-state index >= 15 is 0 Å². The van der Waals surface area contributed by atoms with E-state index in [0.29, 0.717) is 11.4 Å². The highest BCUT2D eigenvalue weighted by molar-refractivity contribution is 7.99. The molecule has 0 aliphatic heterocycles. The van der Waals surface area contributed by atoms with Crippen molar-refractivity contribution in [3.8, 4) is 5.75 Å². The van der Waals surface area contributed by atoms with Crippen LogP contribution in [0.3, 0.4) is 0 Å². The minimum atomic E-state index is -0.510. The number of carbonyl (C=O) groups is 1. The first-order valence-electron chi connectivity index (χ1n) is 9.59. The van der Waals surface area contributed by atoms with Crippen LogP contribution in [0.1, 0.15) is 11.5 Å². The number of carbonyl (C=O) groups excluding carboxylic acids is 1. The molecule has 1 heterocycles. The largest absolute Gasteiger partial charge is 0.484 e. The average Bonchev–Trinajstić information content (AvgIpc) is 3.25. The van der Waals surface area contributed by atoms with Crippen LogP contribution in [0, 0.1) is 17.0 Å². The summed E-state index contributed by atoms with van der Waals surface area (Å²) in [5.41, 5.74) is 1.02. The molecule has 0 bridgehead atoms. The highest BCUT2D eigenvalue weighted by atomic mass is 32.2. The highest BCUT2D eigenvalue weighted by Crippen LogP contribution is 2.24. The predicted octanol–water partition coefficient (Wildman–Crippen LogP) is 4.75. The molecule has 0 aliphatic rings. The number of anilines is 1. The molecule has 0 saturated heterocycles. The van der Waals surface area contributed by atoms with E-state index in [-0.39, 0.29) is 35.1 Å². The maximum absolute atomic E-state index is 12.2. The molecule has 0 spiro atoms. The zero-order chi connectivity index (χ0) is 22.5. The lowest BCUT2D eigenvalue weighted by Crippen LogP contribution is -2.15. The third-order valence-corrected chi connectivity index (χ3v) is 5.38. The number of hydrogen-bond donors (Lipinski definition) is 1. The van der Waals surface area contributed by atoms with Crippen molar-refractivity contribution in [3.63, 3.8) is 0 Å². The Labute approximate surface area is 186 Å². The molecular weight excluding hydrogens is 432 g/mol. The van der Waals surface area contributed by atoms with Crippen molar-refractivity contribution in [2.45, 2.75) is 18.8 Å². The molecule has 4 aromatic rings. The van der Waals surface area contributed by atoms with Crippen molar-refractivity contribution < 1.29 is 18.9 Å². The first-order valence-corrected chi connectivity index (χ1v) is 10.6. The highest BCUT2D eigenvalue weighted by Gasteiger charge is 2.14. The SMILES string of the molecule is Cc1ccc([N+](=O)[O-])cc1NC(=O)CSc1nnc(COc2ccc3ccccc3c2)o1. The second-order valence-corrected chi connectivity index (χ2v) is 7.78. The lowest BCUT2D eigenvalue weighted by Gasteiger charge is -2.07. The van der Waals surface area contributed by atoms with Gasteiger partial charge in [0.15, 0.2) is 6.61 Å². The third-order valence-electron chi connectivity index (χ3n) is 4.56. The van der Waals surface area contributed by atoms with Crippen LogP contribution < -0.4 is 10.1 Å². The van der Waals surface area contributed by atoms with E-state index in [1.54, 1.807) is 13.0 Å². The van der Waals surface area contributed by atoms with Crippen LogP contribution in [0.4, 0.5) is 11.4 Å². The molecule has 0 unspecified atom stereocenters. The number of aromatic nitrogens is 2. The minimum absolute atomic E-state index is 0.00922. The maximum Gasteiger partial charge on any atom is 0.277 e. The molecule has 0 saturated carbocycles. The van der Waals surface area contributed by atoms with E-state index in [9.17, 15) is 14.9 Å². The van der Waals surface area contributed by atoms with E-state index in [1.807, 2.05) is 42.5 Å². The van der Waals surface area contributed by atoms with E-state index in [1.165, 1.54) is 12.1 Å². The van der Waals surface area contributed by atoms with Crippen molar-refractivity contribution in [2.75, 3.05) is 11.1 Å². The second-order valence-electron chi connectivity index (χ2n) is 6.85. The van der Waals surface area contributed by atoms with Gasteiger partial charge in [-0.15, -0.1) is 10.2 Å². The molecule has 3 aromatic carbocycles. The molecular formula is C22H18N4O5S. The average molecular weight is 450 g/mol. The van der Waals surface area contributed by atoms with E-state index in [0.717, 1.165) is 28.1 Å². The van der Waals surface area contributed by atoms with E-state index < -0.39 is 4.92 Å². The van der Waals surface area contributed by atoms with Gasteiger partial charge >= 0.3 is 0 Å². The first kappa shape index (κ1) is 21.3. The van der Waals surface area contributed by atoms with Gasteiger partial charge in [0.25, 0.3) is 16.8 Å². The molecule has 162 valence electrons. The summed E-state index contributed by atoms with van der Waals surface area (Å²) in [5, 5.41) is 23.8. The summed E-state index contributed by atoms with van der Waals surface area (Å²) in [6.07, 6.45) is 0. The Bertz CT molecular complexity index is 1290. The van der Waals surface area contributed by atoms with Gasteiger partial charge in [-0.1, -0.05) is 48.2 Å². The Hall–Kier alpha value is -3.92. The zero-order valence-electron chi connectivity index (χ0n) is 17.0. The van der Waals surface area contributed by atoms with Crippen molar-refractivity contribution in [2.24, 2.45) is 0 Å². The molecule has 0 radical (unpaired) electrons. The fourth-order valence-electron chi connectivity index (χ4n) is 2.93. The van der Waals surface area contributed by atoms with Gasteiger partial charge in [0.1, 0.15) is 5.75 Å². The summed E-state index contributed by atoms with van der Waals surface area (Å²) in [6, 6.07) is 18.0. The molecule has 10 heteroatoms. The Morgan fingerprint density at radius 2 is 1.94 bits per heavy atom. The van der Waals surface area contributed by atoms with Gasteiger partial charge in [-0.25, -0.2) is 0 Å².